The van der Waals surface area contributed by atoms with E-state index in [2.05, 4.69) is 6.92 Å². The van der Waals surface area contributed by atoms with Crippen molar-refractivity contribution < 1.29 is 0 Å². The second kappa shape index (κ2) is 2.38. The molecule has 0 radical (unpaired) electrons. The van der Waals surface area contributed by atoms with E-state index in [0.29, 0.717) is 0 Å². The molecule has 0 aliphatic carbocycles. The molecule has 1 N–H and O–H groups in total. The lowest BCUT2D eigenvalue weighted by Crippen LogP contribution is -2.35. The van der Waals surface area contributed by atoms with Gasteiger partial charge in [0.05, 0.1) is 5.84 Å². The second-order valence-corrected chi connectivity index (χ2v) is 2.97. The zero-order chi connectivity index (χ0) is 6.85. The molecule has 1 heterocycles. The third-order valence-corrected chi connectivity index (χ3v) is 1.92. The normalized spacial score (nSPS) is 28.9. The summed E-state index contributed by atoms with van der Waals surface area (Å²) in [6.07, 6.45) is 2.17. The highest BCUT2D eigenvalue weighted by Crippen LogP contribution is 2.14. The minimum absolute atomic E-state index is 0.782. The average molecular weight is 126 g/mol. The van der Waals surface area contributed by atoms with Crippen LogP contribution < -0.4 is 0 Å². The highest BCUT2D eigenvalue weighted by Gasteiger charge is 2.15. The second-order valence-electron chi connectivity index (χ2n) is 2.97. The van der Waals surface area contributed by atoms with Gasteiger partial charge in [0.1, 0.15) is 0 Å². The lowest BCUT2D eigenvalue weighted by Gasteiger charge is -2.29. The fourth-order valence-electron chi connectivity index (χ4n) is 1.24. The first-order chi connectivity index (χ1) is 4.20. The lowest BCUT2D eigenvalue weighted by molar-refractivity contribution is 0.345. The van der Waals surface area contributed by atoms with Crippen LogP contribution in [0.1, 0.15) is 19.8 Å². The van der Waals surface area contributed by atoms with Crippen LogP contribution in [-0.2, 0) is 0 Å². The Morgan fingerprint density at radius 3 is 2.78 bits per heavy atom. The Bertz CT molecular complexity index is 120. The van der Waals surface area contributed by atoms with E-state index in [0.717, 1.165) is 24.7 Å². The average Bonchev–Trinajstić information content (AvgIpc) is 1.80. The fourth-order valence-corrected chi connectivity index (χ4v) is 1.24. The molecule has 1 aliphatic heterocycles. The van der Waals surface area contributed by atoms with Gasteiger partial charge in [0.15, 0.2) is 0 Å². The lowest BCUT2D eigenvalue weighted by atomic mass is 10.0. The first-order valence-corrected chi connectivity index (χ1v) is 3.48. The molecular formula is C7H14N2. The molecule has 0 aromatic carbocycles. The number of nitrogens with zero attached hydrogens (tertiary/aromatic N) is 1. The van der Waals surface area contributed by atoms with Crippen molar-refractivity contribution in [2.24, 2.45) is 5.92 Å². The van der Waals surface area contributed by atoms with Crippen molar-refractivity contribution in [3.63, 3.8) is 0 Å². The first kappa shape index (κ1) is 6.59. The number of nitrogens with one attached hydrogen (secondary N) is 1. The maximum atomic E-state index is 7.41. The molecule has 0 aromatic heterocycles. The topological polar surface area (TPSA) is 27.1 Å². The summed E-state index contributed by atoms with van der Waals surface area (Å²) < 4.78 is 0. The van der Waals surface area contributed by atoms with Gasteiger partial charge in [-0.2, -0.15) is 0 Å². The Morgan fingerprint density at radius 2 is 2.33 bits per heavy atom. The molecule has 0 saturated carbocycles. The van der Waals surface area contributed by atoms with E-state index in [4.69, 9.17) is 5.41 Å². The van der Waals surface area contributed by atoms with E-state index in [1.54, 1.807) is 0 Å². The summed E-state index contributed by atoms with van der Waals surface area (Å²) in [6.45, 7) is 3.31. The van der Waals surface area contributed by atoms with Crippen molar-refractivity contribution in [3.05, 3.63) is 0 Å². The molecule has 0 spiro atoms. The Morgan fingerprint density at radius 1 is 1.67 bits per heavy atom. The Hall–Kier alpha value is -0.530. The van der Waals surface area contributed by atoms with Crippen molar-refractivity contribution in [1.82, 2.24) is 4.90 Å². The van der Waals surface area contributed by atoms with Gasteiger partial charge in [0.2, 0.25) is 0 Å². The van der Waals surface area contributed by atoms with Crippen molar-refractivity contribution >= 4 is 5.84 Å². The molecule has 0 amide bonds. The number of hydrogen-bond donors (Lipinski definition) is 1. The molecule has 1 atom stereocenters. The van der Waals surface area contributed by atoms with Crippen LogP contribution in [0.4, 0.5) is 0 Å². The van der Waals surface area contributed by atoms with Gasteiger partial charge in [-0.1, -0.05) is 6.92 Å². The highest BCUT2D eigenvalue weighted by molar-refractivity contribution is 5.79. The van der Waals surface area contributed by atoms with Gasteiger partial charge in [-0.25, -0.2) is 0 Å². The van der Waals surface area contributed by atoms with E-state index in [9.17, 15) is 0 Å². The number of piperidine rings is 1. The maximum Gasteiger partial charge on any atom is 0.0955 e. The van der Waals surface area contributed by atoms with E-state index in [1.807, 2.05) is 11.9 Å². The minimum atomic E-state index is 0.782. The molecule has 0 aromatic rings. The molecule has 1 fully saturated rings. The summed E-state index contributed by atoms with van der Waals surface area (Å²) in [5, 5.41) is 7.41. The SMILES string of the molecule is CC1CCC(=N)N(C)C1. The third-order valence-electron chi connectivity index (χ3n) is 1.92. The summed E-state index contributed by atoms with van der Waals surface area (Å²) in [6, 6.07) is 0. The smallest absolute Gasteiger partial charge is 0.0955 e. The van der Waals surface area contributed by atoms with Gasteiger partial charge >= 0.3 is 0 Å². The van der Waals surface area contributed by atoms with Crippen LogP contribution in [-0.4, -0.2) is 24.3 Å². The molecule has 2 nitrogen and oxygen atoms in total. The van der Waals surface area contributed by atoms with Crippen LogP contribution in [0.25, 0.3) is 0 Å². The largest absolute Gasteiger partial charge is 0.363 e. The molecule has 1 aliphatic rings. The number of hydrogen-bond acceptors (Lipinski definition) is 1. The van der Waals surface area contributed by atoms with Crippen LogP contribution in [0.5, 0.6) is 0 Å². The van der Waals surface area contributed by atoms with E-state index in [1.165, 1.54) is 6.42 Å². The quantitative estimate of drug-likeness (QED) is 0.520. The van der Waals surface area contributed by atoms with E-state index >= 15 is 0 Å². The summed E-state index contributed by atoms with van der Waals surface area (Å²) >= 11 is 0. The van der Waals surface area contributed by atoms with Crippen molar-refractivity contribution in [2.45, 2.75) is 19.8 Å². The van der Waals surface area contributed by atoms with Crippen LogP contribution in [0.15, 0.2) is 0 Å². The summed E-state index contributed by atoms with van der Waals surface area (Å²) in [7, 11) is 2.00. The summed E-state index contributed by atoms with van der Waals surface area (Å²) in [5.41, 5.74) is 0. The zero-order valence-electron chi connectivity index (χ0n) is 6.15. The van der Waals surface area contributed by atoms with Crippen LogP contribution in [0.2, 0.25) is 0 Å². The van der Waals surface area contributed by atoms with Gasteiger partial charge in [0, 0.05) is 20.0 Å². The van der Waals surface area contributed by atoms with Gasteiger partial charge in [-0.3, -0.25) is 5.41 Å². The van der Waals surface area contributed by atoms with Crippen molar-refractivity contribution in [2.75, 3.05) is 13.6 Å². The molecule has 1 saturated heterocycles. The molecule has 1 unspecified atom stereocenters. The molecule has 9 heavy (non-hydrogen) atoms. The number of rotatable bonds is 0. The Balaban J connectivity index is 2.44. The van der Waals surface area contributed by atoms with Crippen LogP contribution >= 0.6 is 0 Å². The number of likely N-dealkylation sites (tertiary alicyclic amines) is 1. The first-order valence-electron chi connectivity index (χ1n) is 3.48. The van der Waals surface area contributed by atoms with Gasteiger partial charge in [0.25, 0.3) is 0 Å². The highest BCUT2D eigenvalue weighted by atomic mass is 15.1. The van der Waals surface area contributed by atoms with Crippen molar-refractivity contribution in [3.8, 4) is 0 Å². The summed E-state index contributed by atoms with van der Waals surface area (Å²) in [5.74, 6) is 1.58. The molecule has 0 bridgehead atoms. The third kappa shape index (κ3) is 1.44. The molecular weight excluding hydrogens is 112 g/mol. The Labute approximate surface area is 56.4 Å². The predicted molar refractivity (Wildman–Crippen MR) is 38.8 cm³/mol. The number of amidine groups is 1. The molecule has 52 valence electrons. The predicted octanol–water partition coefficient (Wildman–Crippen LogP) is 1.33. The summed E-state index contributed by atoms with van der Waals surface area (Å²) in [4.78, 5) is 2.04. The van der Waals surface area contributed by atoms with Gasteiger partial charge in [-0.15, -0.1) is 0 Å². The maximum absolute atomic E-state index is 7.41. The van der Waals surface area contributed by atoms with E-state index < -0.39 is 0 Å². The van der Waals surface area contributed by atoms with Gasteiger partial charge in [-0.05, 0) is 12.3 Å². The van der Waals surface area contributed by atoms with Gasteiger partial charge < -0.3 is 4.90 Å². The fraction of sp³-hybridized carbons (Fsp3) is 0.857. The van der Waals surface area contributed by atoms with Crippen molar-refractivity contribution in [1.29, 1.82) is 5.41 Å². The van der Waals surface area contributed by atoms with E-state index in [-0.39, 0.29) is 0 Å². The minimum Gasteiger partial charge on any atom is -0.363 e. The van der Waals surface area contributed by atoms with Crippen LogP contribution in [0, 0.1) is 11.3 Å². The standard InChI is InChI=1S/C7H14N2/c1-6-3-4-7(8)9(2)5-6/h6,8H,3-5H2,1-2H3. The van der Waals surface area contributed by atoms with Crippen LogP contribution in [0.3, 0.4) is 0 Å². The molecule has 1 rings (SSSR count). The molecule has 2 heteroatoms. The monoisotopic (exact) mass is 126 g/mol. The Kier molecular flexibility index (Phi) is 1.74. The zero-order valence-corrected chi connectivity index (χ0v) is 6.15.